The summed E-state index contributed by atoms with van der Waals surface area (Å²) in [5, 5.41) is 0. The van der Waals surface area contributed by atoms with Crippen molar-refractivity contribution >= 4 is 43.2 Å². The van der Waals surface area contributed by atoms with Gasteiger partial charge in [-0.25, -0.2) is 8.42 Å². The van der Waals surface area contributed by atoms with Crippen molar-refractivity contribution in [1.29, 1.82) is 0 Å². The van der Waals surface area contributed by atoms with Crippen molar-refractivity contribution in [3.63, 3.8) is 0 Å². The van der Waals surface area contributed by atoms with Gasteiger partial charge in [0.25, 0.3) is 10.0 Å². The van der Waals surface area contributed by atoms with Crippen LogP contribution in [0, 0.1) is 6.92 Å². The zero-order valence-corrected chi connectivity index (χ0v) is 18.2. The minimum Gasteiger partial charge on any atom is -0.493 e. The van der Waals surface area contributed by atoms with Crippen LogP contribution >= 0.6 is 15.9 Å². The number of ether oxygens (including phenoxy) is 2. The summed E-state index contributed by atoms with van der Waals surface area (Å²) in [5.74, 6) is 0.819. The summed E-state index contributed by atoms with van der Waals surface area (Å²) in [5.41, 5.74) is 2.04. The highest BCUT2D eigenvalue weighted by molar-refractivity contribution is 9.10. The molecule has 28 heavy (non-hydrogen) atoms. The van der Waals surface area contributed by atoms with Gasteiger partial charge >= 0.3 is 0 Å². The van der Waals surface area contributed by atoms with Gasteiger partial charge < -0.3 is 14.4 Å². The summed E-state index contributed by atoms with van der Waals surface area (Å²) < 4.78 is 39.1. The molecule has 1 N–H and O–H groups in total. The second kappa shape index (κ2) is 8.00. The molecule has 0 atom stereocenters. The molecule has 0 bridgehead atoms. The molecule has 0 radical (unpaired) electrons. The Labute approximate surface area is 172 Å². The van der Waals surface area contributed by atoms with Crippen LogP contribution in [0.4, 0.5) is 11.4 Å². The summed E-state index contributed by atoms with van der Waals surface area (Å²) in [6, 6.07) is 8.07. The molecule has 1 saturated heterocycles. The molecule has 0 spiro atoms. The molecule has 1 aliphatic rings. The monoisotopic (exact) mass is 468 g/mol. The molecule has 150 valence electrons. The van der Waals surface area contributed by atoms with Gasteiger partial charge in [0.1, 0.15) is 4.90 Å². The topological polar surface area (TPSA) is 84.9 Å². The van der Waals surface area contributed by atoms with Crippen LogP contribution in [-0.4, -0.2) is 35.1 Å². The van der Waals surface area contributed by atoms with E-state index in [1.165, 1.54) is 20.3 Å². The molecule has 1 amide bonds. The van der Waals surface area contributed by atoms with Gasteiger partial charge in [0.05, 0.1) is 14.2 Å². The van der Waals surface area contributed by atoms with Crippen molar-refractivity contribution in [2.24, 2.45) is 0 Å². The maximum Gasteiger partial charge on any atom is 0.263 e. The molecule has 3 rings (SSSR count). The van der Waals surface area contributed by atoms with Gasteiger partial charge in [-0.3, -0.25) is 9.52 Å². The van der Waals surface area contributed by atoms with E-state index in [0.717, 1.165) is 17.7 Å². The number of carbonyl (C=O) groups is 1. The van der Waals surface area contributed by atoms with Gasteiger partial charge in [-0.15, -0.1) is 0 Å². The van der Waals surface area contributed by atoms with Gasteiger partial charge in [-0.1, -0.05) is 0 Å². The van der Waals surface area contributed by atoms with Gasteiger partial charge in [0.15, 0.2) is 11.5 Å². The molecule has 2 aromatic carbocycles. The quantitative estimate of drug-likeness (QED) is 0.698. The molecule has 2 aromatic rings. The summed E-state index contributed by atoms with van der Waals surface area (Å²) in [7, 11) is -0.954. The molecule has 0 saturated carbocycles. The molecule has 0 aromatic heterocycles. The number of hydrogen-bond acceptors (Lipinski definition) is 5. The highest BCUT2D eigenvalue weighted by Gasteiger charge is 2.24. The van der Waals surface area contributed by atoms with E-state index in [-0.39, 0.29) is 10.8 Å². The van der Waals surface area contributed by atoms with E-state index in [1.54, 1.807) is 29.2 Å². The maximum atomic E-state index is 12.9. The third-order valence-electron chi connectivity index (χ3n) is 4.54. The zero-order chi connectivity index (χ0) is 20.5. The van der Waals surface area contributed by atoms with Crippen molar-refractivity contribution in [2.45, 2.75) is 24.7 Å². The molecule has 1 heterocycles. The lowest BCUT2D eigenvalue weighted by Crippen LogP contribution is -2.24. The average molecular weight is 469 g/mol. The fraction of sp³-hybridized carbons (Fsp3) is 0.316. The smallest absolute Gasteiger partial charge is 0.263 e. The van der Waals surface area contributed by atoms with E-state index in [1.807, 2.05) is 6.92 Å². The van der Waals surface area contributed by atoms with Gasteiger partial charge in [0, 0.05) is 34.9 Å². The van der Waals surface area contributed by atoms with Crippen molar-refractivity contribution in [3.8, 4) is 11.5 Å². The van der Waals surface area contributed by atoms with Gasteiger partial charge in [-0.05, 0) is 59.1 Å². The number of nitrogens with one attached hydrogen (secondary N) is 1. The van der Waals surface area contributed by atoms with Crippen LogP contribution in [0.25, 0.3) is 0 Å². The third kappa shape index (κ3) is 3.95. The number of anilines is 2. The molecular weight excluding hydrogens is 448 g/mol. The molecule has 0 aliphatic carbocycles. The van der Waals surface area contributed by atoms with Crippen LogP contribution < -0.4 is 19.1 Å². The van der Waals surface area contributed by atoms with E-state index < -0.39 is 10.0 Å². The number of nitrogens with zero attached hydrogens (tertiary/aromatic N) is 1. The van der Waals surface area contributed by atoms with Gasteiger partial charge in [0.2, 0.25) is 5.91 Å². The number of hydrogen-bond donors (Lipinski definition) is 1. The predicted molar refractivity (Wildman–Crippen MR) is 111 cm³/mol. The average Bonchev–Trinajstić information content (AvgIpc) is 3.06. The standard InChI is InChI=1S/C19H21BrN2O5S/c1-12-9-13(6-7-15(12)22-8-4-5-19(22)23)21-28(24,25)18-11-17(27-3)16(26-2)10-14(18)20/h6-7,9-11,21H,4-5,8H2,1-3H3. The summed E-state index contributed by atoms with van der Waals surface area (Å²) >= 11 is 3.28. The molecule has 9 heteroatoms. The molecule has 0 unspecified atom stereocenters. The summed E-state index contributed by atoms with van der Waals surface area (Å²) in [6.45, 7) is 2.54. The summed E-state index contributed by atoms with van der Waals surface area (Å²) in [4.78, 5) is 13.7. The number of carbonyl (C=O) groups excluding carboxylic acids is 1. The van der Waals surface area contributed by atoms with E-state index in [9.17, 15) is 13.2 Å². The highest BCUT2D eigenvalue weighted by Crippen LogP contribution is 2.36. The zero-order valence-electron chi connectivity index (χ0n) is 15.8. The largest absolute Gasteiger partial charge is 0.493 e. The molecule has 1 aliphatic heterocycles. The Balaban J connectivity index is 1.91. The van der Waals surface area contributed by atoms with Crippen molar-refractivity contribution < 1.29 is 22.7 Å². The first-order chi connectivity index (χ1) is 13.3. The number of benzene rings is 2. The Kier molecular flexibility index (Phi) is 5.85. The first-order valence-corrected chi connectivity index (χ1v) is 10.9. The number of amides is 1. The first-order valence-electron chi connectivity index (χ1n) is 8.62. The SMILES string of the molecule is COc1cc(Br)c(S(=O)(=O)Nc2ccc(N3CCCC3=O)c(C)c2)cc1OC. The number of methoxy groups -OCH3 is 2. The lowest BCUT2D eigenvalue weighted by atomic mass is 10.1. The van der Waals surface area contributed by atoms with Crippen molar-refractivity contribution in [2.75, 3.05) is 30.4 Å². The number of rotatable bonds is 6. The minimum atomic E-state index is -3.87. The number of sulfonamides is 1. The van der Waals surface area contributed by atoms with Gasteiger partial charge in [-0.2, -0.15) is 0 Å². The summed E-state index contributed by atoms with van der Waals surface area (Å²) in [6.07, 6.45) is 1.38. The second-order valence-electron chi connectivity index (χ2n) is 6.39. The molecular formula is C19H21BrN2O5S. The second-order valence-corrected chi connectivity index (χ2v) is 8.90. The first kappa shape index (κ1) is 20.5. The lowest BCUT2D eigenvalue weighted by Gasteiger charge is -2.19. The van der Waals surface area contributed by atoms with E-state index in [2.05, 4.69) is 20.7 Å². The van der Waals surface area contributed by atoms with Crippen LogP contribution in [0.3, 0.4) is 0 Å². The van der Waals surface area contributed by atoms with Crippen LogP contribution in [0.2, 0.25) is 0 Å². The molecule has 1 fully saturated rings. The van der Waals surface area contributed by atoms with E-state index >= 15 is 0 Å². The van der Waals surface area contributed by atoms with E-state index in [4.69, 9.17) is 9.47 Å². The Morgan fingerprint density at radius 1 is 1.11 bits per heavy atom. The minimum absolute atomic E-state index is 0.0293. The highest BCUT2D eigenvalue weighted by atomic mass is 79.9. The normalized spacial score (nSPS) is 14.3. The number of halogens is 1. The molecule has 7 nitrogen and oxygen atoms in total. The fourth-order valence-electron chi connectivity index (χ4n) is 3.18. The lowest BCUT2D eigenvalue weighted by molar-refractivity contribution is -0.117. The van der Waals surface area contributed by atoms with Crippen molar-refractivity contribution in [3.05, 3.63) is 40.4 Å². The Hall–Kier alpha value is -2.26. The Morgan fingerprint density at radius 2 is 1.79 bits per heavy atom. The number of aryl methyl sites for hydroxylation is 1. The van der Waals surface area contributed by atoms with Crippen LogP contribution in [0.1, 0.15) is 18.4 Å². The fourth-order valence-corrected chi connectivity index (χ4v) is 5.26. The Bertz CT molecular complexity index is 1020. The van der Waals surface area contributed by atoms with Crippen LogP contribution in [0.15, 0.2) is 39.7 Å². The third-order valence-corrected chi connectivity index (χ3v) is 6.88. The van der Waals surface area contributed by atoms with Crippen LogP contribution in [0.5, 0.6) is 11.5 Å². The predicted octanol–water partition coefficient (Wildman–Crippen LogP) is 3.70. The maximum absolute atomic E-state index is 12.9. The Morgan fingerprint density at radius 3 is 2.36 bits per heavy atom. The van der Waals surface area contributed by atoms with Crippen LogP contribution in [-0.2, 0) is 14.8 Å². The van der Waals surface area contributed by atoms with Crippen molar-refractivity contribution in [1.82, 2.24) is 0 Å². The van der Waals surface area contributed by atoms with E-state index in [0.29, 0.717) is 34.6 Å².